The van der Waals surface area contributed by atoms with Gasteiger partial charge in [0.05, 0.1) is 5.60 Å². The summed E-state index contributed by atoms with van der Waals surface area (Å²) in [5.41, 5.74) is 4.91. The normalized spacial score (nSPS) is 32.0. The van der Waals surface area contributed by atoms with Crippen LogP contribution in [0.15, 0.2) is 42.5 Å². The van der Waals surface area contributed by atoms with Gasteiger partial charge in [-0.15, -0.1) is 9.32 Å². The predicted octanol–water partition coefficient (Wildman–Crippen LogP) is 6.58. The average Bonchev–Trinajstić information content (AvgIpc) is 3.09. The minimum Gasteiger partial charge on any atom is -0.399 e. The minimum absolute atomic E-state index is 0.0341. The first-order valence-corrected chi connectivity index (χ1v) is 13.6. The third-order valence-electron chi connectivity index (χ3n) is 9.53. The molecular weight excluding hydrogens is 458 g/mol. The van der Waals surface area contributed by atoms with E-state index in [1.165, 1.54) is 28.7 Å². The zero-order valence-electron chi connectivity index (χ0n) is 21.4. The molecule has 2 fully saturated rings. The van der Waals surface area contributed by atoms with Crippen molar-refractivity contribution in [3.05, 3.63) is 64.7 Å². The summed E-state index contributed by atoms with van der Waals surface area (Å²) in [7, 11) is 0. The van der Waals surface area contributed by atoms with Crippen molar-refractivity contribution in [2.45, 2.75) is 89.6 Å². The highest BCUT2D eigenvalue weighted by atomic mass is 32.2. The van der Waals surface area contributed by atoms with Crippen LogP contribution in [0.5, 0.6) is 5.75 Å². The van der Waals surface area contributed by atoms with Gasteiger partial charge < -0.3 is 9.29 Å². The molecule has 5 nitrogen and oxygen atoms in total. The molecule has 0 aromatic heterocycles. The maximum absolute atomic E-state index is 12.1. The fourth-order valence-electron chi connectivity index (χ4n) is 7.54. The quantitative estimate of drug-likeness (QED) is 0.203. The lowest BCUT2D eigenvalue weighted by Gasteiger charge is -2.53. The molecule has 3 aliphatic rings. The van der Waals surface area contributed by atoms with Crippen LogP contribution in [0.4, 0.5) is 0 Å². The molecule has 0 heterocycles. The van der Waals surface area contributed by atoms with E-state index in [2.05, 4.69) is 73.4 Å². The van der Waals surface area contributed by atoms with E-state index in [0.29, 0.717) is 17.8 Å². The molecule has 0 saturated heterocycles. The van der Waals surface area contributed by atoms with Crippen LogP contribution < -0.4 is 10.1 Å². The van der Waals surface area contributed by atoms with Crippen LogP contribution in [-0.2, 0) is 27.6 Å². The first kappa shape index (κ1) is 25.1. The third kappa shape index (κ3) is 4.53. The van der Waals surface area contributed by atoms with Crippen LogP contribution in [0.3, 0.4) is 0 Å². The smallest absolute Gasteiger partial charge is 0.260 e. The Hall–Kier alpha value is -1.57. The number of aliphatic hydroxyl groups is 1. The van der Waals surface area contributed by atoms with Gasteiger partial charge in [-0.25, -0.2) is 0 Å². The lowest BCUT2D eigenvalue weighted by molar-refractivity contribution is -0.199. The summed E-state index contributed by atoms with van der Waals surface area (Å²) in [5.74, 6) is 7.38. The predicted molar refractivity (Wildman–Crippen MR) is 139 cm³/mol. The van der Waals surface area contributed by atoms with Crippen molar-refractivity contribution in [2.75, 3.05) is 0 Å². The molecule has 2 aromatic carbocycles. The fraction of sp³-hybridized carbons (Fsp3) is 0.586. The lowest BCUT2D eigenvalue weighted by atomic mass is 9.53. The molecule has 3 aliphatic carbocycles. The average molecular weight is 498 g/mol. The number of fused-ring (bicyclic) bond motifs is 5. The molecule has 5 unspecified atom stereocenters. The van der Waals surface area contributed by atoms with Gasteiger partial charge in [0.15, 0.2) is 0 Å². The highest BCUT2D eigenvalue weighted by Crippen LogP contribution is 2.65. The Kier molecular flexibility index (Phi) is 6.73. The molecule has 190 valence electrons. The summed E-state index contributed by atoms with van der Waals surface area (Å²) >= 11 is 0.719. The molecule has 2 saturated carbocycles. The molecule has 2 aromatic rings. The zero-order valence-corrected chi connectivity index (χ0v) is 22.2. The van der Waals surface area contributed by atoms with Gasteiger partial charge in [-0.05, 0) is 101 Å². The number of aryl methyl sites for hydroxylation is 1. The highest BCUT2D eigenvalue weighted by Gasteiger charge is 2.61. The molecule has 35 heavy (non-hydrogen) atoms. The Morgan fingerprint density at radius 2 is 1.83 bits per heavy atom. The third-order valence-corrected chi connectivity index (χ3v) is 9.93. The summed E-state index contributed by atoms with van der Waals surface area (Å²) in [6.07, 6.45) is 7.21. The molecule has 5 atom stereocenters. The second kappa shape index (κ2) is 9.38. The van der Waals surface area contributed by atoms with Gasteiger partial charge in [0.1, 0.15) is 5.75 Å². The largest absolute Gasteiger partial charge is 0.399 e. The monoisotopic (exact) mass is 497 g/mol. The van der Waals surface area contributed by atoms with Gasteiger partial charge in [-0.3, -0.25) is 0 Å². The first-order valence-electron chi connectivity index (χ1n) is 13.0. The first-order chi connectivity index (χ1) is 16.6. The summed E-state index contributed by atoms with van der Waals surface area (Å²) in [4.78, 5) is 4.09. The van der Waals surface area contributed by atoms with Crippen molar-refractivity contribution in [1.29, 1.82) is 0 Å². The Bertz CT molecular complexity index is 1050. The Labute approximate surface area is 214 Å². The molecule has 0 radical (unpaired) electrons. The number of hydrogen-bond donors (Lipinski definition) is 2. The number of benzene rings is 2. The van der Waals surface area contributed by atoms with Crippen molar-refractivity contribution in [3.8, 4) is 5.75 Å². The fourth-order valence-corrected chi connectivity index (χ4v) is 7.78. The minimum atomic E-state index is -0.633. The van der Waals surface area contributed by atoms with E-state index in [0.717, 1.165) is 56.6 Å². The van der Waals surface area contributed by atoms with E-state index in [9.17, 15) is 5.11 Å². The highest BCUT2D eigenvalue weighted by molar-refractivity contribution is 7.90. The van der Waals surface area contributed by atoms with E-state index in [-0.39, 0.29) is 10.8 Å². The van der Waals surface area contributed by atoms with Gasteiger partial charge in [-0.2, -0.15) is 5.90 Å². The molecule has 6 heteroatoms. The van der Waals surface area contributed by atoms with Crippen LogP contribution in [0.2, 0.25) is 0 Å². The van der Waals surface area contributed by atoms with Crippen molar-refractivity contribution in [1.82, 2.24) is 0 Å². The van der Waals surface area contributed by atoms with Crippen molar-refractivity contribution >= 4 is 12.3 Å². The van der Waals surface area contributed by atoms with Crippen molar-refractivity contribution < 1.29 is 18.6 Å². The lowest BCUT2D eigenvalue weighted by Crippen LogP contribution is -2.51. The summed E-state index contributed by atoms with van der Waals surface area (Å²) in [5, 5.41) is 12.1. The van der Waals surface area contributed by atoms with E-state index in [1.54, 1.807) is 0 Å². The molecule has 0 spiro atoms. The maximum Gasteiger partial charge on any atom is 0.260 e. The van der Waals surface area contributed by atoms with Crippen molar-refractivity contribution in [2.24, 2.45) is 23.1 Å². The molecule has 5 rings (SSSR count). The second-order valence-corrected chi connectivity index (χ2v) is 12.7. The number of hydrogen-bond acceptors (Lipinski definition) is 6. The Morgan fingerprint density at radius 1 is 1.06 bits per heavy atom. The van der Waals surface area contributed by atoms with Crippen LogP contribution in [0, 0.1) is 17.3 Å². The molecular formula is C29H39NO4S. The van der Waals surface area contributed by atoms with Crippen LogP contribution in [0.25, 0.3) is 0 Å². The van der Waals surface area contributed by atoms with Gasteiger partial charge in [0.25, 0.3) is 12.3 Å². The molecule has 0 amide bonds. The maximum atomic E-state index is 12.1. The van der Waals surface area contributed by atoms with E-state index in [1.807, 2.05) is 6.07 Å². The van der Waals surface area contributed by atoms with Crippen molar-refractivity contribution in [3.63, 3.8) is 0 Å². The molecule has 0 aliphatic heterocycles. The molecule has 3 N–H and O–H groups in total. The van der Waals surface area contributed by atoms with Gasteiger partial charge >= 0.3 is 0 Å². The van der Waals surface area contributed by atoms with Crippen LogP contribution in [-0.4, -0.2) is 10.7 Å². The van der Waals surface area contributed by atoms with Gasteiger partial charge in [-0.1, -0.05) is 58.0 Å². The van der Waals surface area contributed by atoms with E-state index >= 15 is 0 Å². The van der Waals surface area contributed by atoms with E-state index < -0.39 is 5.60 Å². The summed E-state index contributed by atoms with van der Waals surface area (Å²) in [6, 6.07) is 15.3. The summed E-state index contributed by atoms with van der Waals surface area (Å²) in [6.45, 7) is 9.12. The number of nitrogens with two attached hydrogens (primary N) is 1. The summed E-state index contributed by atoms with van der Waals surface area (Å²) < 4.78 is 10.1. The van der Waals surface area contributed by atoms with E-state index in [4.69, 9.17) is 10.1 Å². The van der Waals surface area contributed by atoms with Gasteiger partial charge in [0.2, 0.25) is 0 Å². The van der Waals surface area contributed by atoms with Crippen LogP contribution in [0.1, 0.15) is 88.0 Å². The second-order valence-electron chi connectivity index (χ2n) is 12.2. The Morgan fingerprint density at radius 3 is 2.54 bits per heavy atom. The SMILES string of the molecule is CC(C)(C)c1ccc(CC2(O)CCC3C4CCc5cc(OSOON)ccc5C4CCC32C)cc1. The number of rotatable bonds is 6. The van der Waals surface area contributed by atoms with Crippen LogP contribution >= 0.6 is 12.3 Å². The standard InChI is InChI=1S/C29H39NO4S/c1-27(2,3)21-8-5-19(6-9-21)18-29(31)16-14-26-25-11-7-20-17-22(32-35-34-33-30)10-12-23(20)24(25)13-15-28(26,29)4/h5-6,8-10,12,17,24-26,31H,7,11,13-16,18,30H2,1-4H3. The topological polar surface area (TPSA) is 73.9 Å². The Balaban J connectivity index is 1.33. The zero-order chi connectivity index (χ0) is 24.8. The molecule has 0 bridgehead atoms. The van der Waals surface area contributed by atoms with Gasteiger partial charge in [0, 0.05) is 6.42 Å².